The van der Waals surface area contributed by atoms with Crippen LogP contribution in [0, 0.1) is 0 Å². The summed E-state index contributed by atoms with van der Waals surface area (Å²) in [4.78, 5) is 23.6. The summed E-state index contributed by atoms with van der Waals surface area (Å²) in [6.45, 7) is 1.61. The van der Waals surface area contributed by atoms with Crippen molar-refractivity contribution in [2.45, 2.75) is 31.2 Å². The van der Waals surface area contributed by atoms with Crippen LogP contribution >= 0.6 is 0 Å². The van der Waals surface area contributed by atoms with Crippen LogP contribution in [-0.2, 0) is 19.7 Å². The van der Waals surface area contributed by atoms with Gasteiger partial charge >= 0.3 is 5.97 Å². The standard InChI is InChI=1S/C14H18N2O3/c1-9(12(17)19-2)16-13(18)14(7-8-14)10-3-5-11(15)6-4-10/h3-6,9H,7-8,15H2,1-2H3,(H,16,18)/t9-/m0/s1. The summed E-state index contributed by atoms with van der Waals surface area (Å²) in [5.41, 5.74) is 6.75. The van der Waals surface area contributed by atoms with E-state index in [0.29, 0.717) is 5.69 Å². The van der Waals surface area contributed by atoms with Crippen LogP contribution in [0.15, 0.2) is 24.3 Å². The number of hydrogen-bond donors (Lipinski definition) is 2. The third-order valence-electron chi connectivity index (χ3n) is 3.55. The number of methoxy groups -OCH3 is 1. The molecule has 0 unspecified atom stereocenters. The highest BCUT2D eigenvalue weighted by atomic mass is 16.5. The van der Waals surface area contributed by atoms with Crippen molar-refractivity contribution in [2.24, 2.45) is 0 Å². The Morgan fingerprint density at radius 1 is 1.32 bits per heavy atom. The number of anilines is 1. The van der Waals surface area contributed by atoms with Crippen molar-refractivity contribution in [3.8, 4) is 0 Å². The van der Waals surface area contributed by atoms with E-state index in [1.807, 2.05) is 12.1 Å². The molecule has 1 saturated carbocycles. The zero-order chi connectivity index (χ0) is 14.0. The second kappa shape index (κ2) is 4.91. The fourth-order valence-corrected chi connectivity index (χ4v) is 2.14. The Hall–Kier alpha value is -2.04. The first-order valence-corrected chi connectivity index (χ1v) is 6.24. The highest BCUT2D eigenvalue weighted by Crippen LogP contribution is 2.48. The van der Waals surface area contributed by atoms with E-state index in [2.05, 4.69) is 10.1 Å². The quantitative estimate of drug-likeness (QED) is 0.626. The Bertz CT molecular complexity index is 492. The first-order valence-electron chi connectivity index (χ1n) is 6.24. The summed E-state index contributed by atoms with van der Waals surface area (Å²) in [5.74, 6) is -0.573. The minimum Gasteiger partial charge on any atom is -0.467 e. The number of carbonyl (C=O) groups excluding carboxylic acids is 2. The molecule has 1 amide bonds. The van der Waals surface area contributed by atoms with Crippen LogP contribution in [0.3, 0.4) is 0 Å². The molecule has 5 heteroatoms. The van der Waals surface area contributed by atoms with Gasteiger partial charge in [-0.15, -0.1) is 0 Å². The summed E-state index contributed by atoms with van der Waals surface area (Å²) in [5, 5.41) is 2.70. The van der Waals surface area contributed by atoms with Crippen LogP contribution in [0.5, 0.6) is 0 Å². The Morgan fingerprint density at radius 2 is 1.89 bits per heavy atom. The van der Waals surface area contributed by atoms with Crippen LogP contribution in [0.4, 0.5) is 5.69 Å². The lowest BCUT2D eigenvalue weighted by molar-refractivity contribution is -0.144. The summed E-state index contributed by atoms with van der Waals surface area (Å²) in [6, 6.07) is 6.66. The molecule has 0 saturated heterocycles. The maximum absolute atomic E-state index is 12.3. The highest BCUT2D eigenvalue weighted by Gasteiger charge is 2.51. The van der Waals surface area contributed by atoms with Crippen molar-refractivity contribution in [2.75, 3.05) is 12.8 Å². The molecule has 0 bridgehead atoms. The monoisotopic (exact) mass is 262 g/mol. The number of nitrogens with one attached hydrogen (secondary N) is 1. The Balaban J connectivity index is 2.10. The second-order valence-electron chi connectivity index (χ2n) is 4.92. The average Bonchev–Trinajstić information content (AvgIpc) is 3.20. The van der Waals surface area contributed by atoms with E-state index in [0.717, 1.165) is 18.4 Å². The zero-order valence-corrected chi connectivity index (χ0v) is 11.1. The highest BCUT2D eigenvalue weighted by molar-refractivity contribution is 5.94. The number of esters is 1. The van der Waals surface area contributed by atoms with Gasteiger partial charge in [0, 0.05) is 5.69 Å². The zero-order valence-electron chi connectivity index (χ0n) is 11.1. The lowest BCUT2D eigenvalue weighted by Crippen LogP contribution is -2.44. The normalized spacial score (nSPS) is 17.4. The van der Waals surface area contributed by atoms with Gasteiger partial charge in [-0.25, -0.2) is 4.79 Å². The van der Waals surface area contributed by atoms with Crippen LogP contribution in [0.1, 0.15) is 25.3 Å². The van der Waals surface area contributed by atoms with E-state index in [4.69, 9.17) is 5.73 Å². The van der Waals surface area contributed by atoms with Gasteiger partial charge in [0.2, 0.25) is 5.91 Å². The number of amides is 1. The Morgan fingerprint density at radius 3 is 2.37 bits per heavy atom. The fourth-order valence-electron chi connectivity index (χ4n) is 2.14. The molecular formula is C14H18N2O3. The lowest BCUT2D eigenvalue weighted by Gasteiger charge is -2.18. The molecular weight excluding hydrogens is 244 g/mol. The summed E-state index contributed by atoms with van der Waals surface area (Å²) in [7, 11) is 1.30. The van der Waals surface area contributed by atoms with E-state index < -0.39 is 17.4 Å². The van der Waals surface area contributed by atoms with Crippen LogP contribution in [0.2, 0.25) is 0 Å². The molecule has 102 valence electrons. The number of hydrogen-bond acceptors (Lipinski definition) is 4. The van der Waals surface area contributed by atoms with Gasteiger partial charge in [0.15, 0.2) is 0 Å². The lowest BCUT2D eigenvalue weighted by atomic mass is 9.94. The fraction of sp³-hybridized carbons (Fsp3) is 0.429. The van der Waals surface area contributed by atoms with Gasteiger partial charge in [0.05, 0.1) is 12.5 Å². The third-order valence-corrected chi connectivity index (χ3v) is 3.55. The molecule has 3 N–H and O–H groups in total. The smallest absolute Gasteiger partial charge is 0.328 e. The molecule has 19 heavy (non-hydrogen) atoms. The molecule has 1 aliphatic carbocycles. The maximum atomic E-state index is 12.3. The molecule has 1 aromatic rings. The van der Waals surface area contributed by atoms with Gasteiger partial charge in [-0.3, -0.25) is 4.79 Å². The Labute approximate surface area is 112 Å². The third kappa shape index (κ3) is 2.54. The number of benzene rings is 1. The summed E-state index contributed by atoms with van der Waals surface area (Å²) < 4.78 is 4.60. The number of carbonyl (C=O) groups is 2. The van der Waals surface area contributed by atoms with Crippen LogP contribution in [0.25, 0.3) is 0 Å². The summed E-state index contributed by atoms with van der Waals surface area (Å²) >= 11 is 0. The van der Waals surface area contributed by atoms with Crippen molar-refractivity contribution in [1.29, 1.82) is 0 Å². The first-order chi connectivity index (χ1) is 8.99. The van der Waals surface area contributed by atoms with Gasteiger partial charge in [0.25, 0.3) is 0 Å². The SMILES string of the molecule is COC(=O)[C@H](C)NC(=O)C1(c2ccc(N)cc2)CC1. The van der Waals surface area contributed by atoms with Crippen molar-refractivity contribution in [3.63, 3.8) is 0 Å². The molecule has 5 nitrogen and oxygen atoms in total. The summed E-state index contributed by atoms with van der Waals surface area (Å²) in [6.07, 6.45) is 1.58. The number of rotatable bonds is 4. The molecule has 1 aliphatic rings. The topological polar surface area (TPSA) is 81.4 Å². The van der Waals surface area contributed by atoms with E-state index >= 15 is 0 Å². The molecule has 1 aromatic carbocycles. The predicted octanol–water partition coefficient (Wildman–Crippen LogP) is 0.978. The molecule has 2 rings (SSSR count). The van der Waals surface area contributed by atoms with Crippen molar-refractivity contribution < 1.29 is 14.3 Å². The molecule has 1 atom stereocenters. The van der Waals surface area contributed by atoms with Gasteiger partial charge < -0.3 is 15.8 Å². The minimum absolute atomic E-state index is 0.129. The van der Waals surface area contributed by atoms with Crippen molar-refractivity contribution in [3.05, 3.63) is 29.8 Å². The molecule has 0 radical (unpaired) electrons. The van der Waals surface area contributed by atoms with E-state index in [1.54, 1.807) is 19.1 Å². The average molecular weight is 262 g/mol. The van der Waals surface area contributed by atoms with Crippen LogP contribution in [-0.4, -0.2) is 25.0 Å². The van der Waals surface area contributed by atoms with E-state index in [1.165, 1.54) is 7.11 Å². The number of nitrogen functional groups attached to an aromatic ring is 1. The minimum atomic E-state index is -0.635. The molecule has 0 aliphatic heterocycles. The van der Waals surface area contributed by atoms with E-state index in [9.17, 15) is 9.59 Å². The molecule has 0 spiro atoms. The molecule has 0 heterocycles. The predicted molar refractivity (Wildman–Crippen MR) is 71.4 cm³/mol. The van der Waals surface area contributed by atoms with Gasteiger partial charge in [-0.1, -0.05) is 12.1 Å². The van der Waals surface area contributed by atoms with Crippen molar-refractivity contribution in [1.82, 2.24) is 5.32 Å². The second-order valence-corrected chi connectivity index (χ2v) is 4.92. The first kappa shape index (κ1) is 13.4. The van der Waals surface area contributed by atoms with Gasteiger partial charge in [-0.2, -0.15) is 0 Å². The van der Waals surface area contributed by atoms with E-state index in [-0.39, 0.29) is 5.91 Å². The largest absolute Gasteiger partial charge is 0.467 e. The number of ether oxygens (including phenoxy) is 1. The Kier molecular flexibility index (Phi) is 3.46. The molecule has 1 fully saturated rings. The van der Waals surface area contributed by atoms with Gasteiger partial charge in [0.1, 0.15) is 6.04 Å². The molecule has 0 aromatic heterocycles. The van der Waals surface area contributed by atoms with Gasteiger partial charge in [-0.05, 0) is 37.5 Å². The van der Waals surface area contributed by atoms with Crippen molar-refractivity contribution >= 4 is 17.6 Å². The number of nitrogens with two attached hydrogens (primary N) is 1. The van der Waals surface area contributed by atoms with Crippen LogP contribution < -0.4 is 11.1 Å². The maximum Gasteiger partial charge on any atom is 0.328 e.